The molecule has 17 nitrogen and oxygen atoms in total. The third-order valence-corrected chi connectivity index (χ3v) is 19.2. The first kappa shape index (κ1) is 103. The van der Waals surface area contributed by atoms with Gasteiger partial charge in [-0.2, -0.15) is 0 Å². The van der Waals surface area contributed by atoms with Crippen LogP contribution in [0.4, 0.5) is 0 Å². The normalized spacial score (nSPS) is 14.5. The fraction of sp³-hybridized carbons (Fsp3) is 0.685. The standard InChI is InChI=1S/C89H150O17P2/c1-5-9-13-17-21-25-29-33-37-39-41-43-47-51-55-59-63-67-71-75-88(93)105-84(79-99-86(91)73-69-65-61-57-53-49-45-35-31-27-23-19-15-11-7-3)81-103-107(95,96)101-77-83(90)78-102-108(97,98)104-82-85(80-100-87(92)74-70-66-62-58-54-50-46-36-32-28-24-20-16-12-8-4)106-89(94)76-72-68-64-60-56-52-48-44-42-40-38-34-30-26-22-18-14-10-6-2/h9,13,21-22,25-26,28,32-35,37-38,41-45,51-52,55-56,64,68,83-85,90H,5-8,10-12,14-20,23-24,27,29-31,36,39-40,46-50,53-54,57-63,65-67,69-82H2,1-4H3,(H,95,96)(H,97,98)/b13-9-,25-21-,26-22-,32-28-,37-33-,38-34-,43-41-,44-42-,45-35-,55-51-,56-52-,68-64-/t83-,84-,85-/m1/s1. The molecular weight excluding hydrogens is 1400 g/mol. The number of hydrogen-bond acceptors (Lipinski definition) is 15. The summed E-state index contributed by atoms with van der Waals surface area (Å²) in [6.07, 6.45) is 92.6. The third-order valence-electron chi connectivity index (χ3n) is 17.3. The van der Waals surface area contributed by atoms with E-state index in [4.69, 9.17) is 37.0 Å². The predicted molar refractivity (Wildman–Crippen MR) is 445 cm³/mol. The molecule has 0 aliphatic heterocycles. The van der Waals surface area contributed by atoms with E-state index in [2.05, 4.69) is 155 Å². The summed E-state index contributed by atoms with van der Waals surface area (Å²) in [4.78, 5) is 73.1. The van der Waals surface area contributed by atoms with Crippen molar-refractivity contribution in [3.05, 3.63) is 146 Å². The van der Waals surface area contributed by atoms with Crippen LogP contribution in [0.15, 0.2) is 146 Å². The number of rotatable bonds is 78. The molecule has 2 unspecified atom stereocenters. The maximum Gasteiger partial charge on any atom is 0.472 e. The molecule has 618 valence electrons. The quantitative estimate of drug-likeness (QED) is 0.0169. The van der Waals surface area contributed by atoms with Crippen molar-refractivity contribution >= 4 is 39.5 Å². The summed E-state index contributed by atoms with van der Waals surface area (Å²) in [5.74, 6) is -2.32. The SMILES string of the molecule is CC/C=C\C/C=C\C/C=C\C/C=C\C/C=C\CCCCCC(=O)O[C@H](COC(=O)CCCCCCC/C=C\CCCCCCCC)COP(=O)(O)OC[C@@H](O)COP(=O)(O)OC[C@@H](COC(=O)CCCCCCCCC/C=C\CCCCCC)OC(=O)CC/C=C\C/C=C\C/C=C\C/C=C\C/C=C\CCCCC. The lowest BCUT2D eigenvalue weighted by Gasteiger charge is -2.21. The molecule has 0 bridgehead atoms. The van der Waals surface area contributed by atoms with E-state index >= 15 is 0 Å². The summed E-state index contributed by atoms with van der Waals surface area (Å²) in [5.41, 5.74) is 0. The molecule has 108 heavy (non-hydrogen) atoms. The van der Waals surface area contributed by atoms with Crippen molar-refractivity contribution in [3.8, 4) is 0 Å². The van der Waals surface area contributed by atoms with Crippen LogP contribution in [-0.2, 0) is 65.4 Å². The van der Waals surface area contributed by atoms with Crippen LogP contribution in [-0.4, -0.2) is 96.7 Å². The van der Waals surface area contributed by atoms with Crippen molar-refractivity contribution in [3.63, 3.8) is 0 Å². The van der Waals surface area contributed by atoms with Crippen LogP contribution in [0.1, 0.15) is 336 Å². The third kappa shape index (κ3) is 79.0. The minimum Gasteiger partial charge on any atom is -0.462 e. The summed E-state index contributed by atoms with van der Waals surface area (Å²) in [6.45, 7) is 4.60. The highest BCUT2D eigenvalue weighted by molar-refractivity contribution is 7.47. The number of phosphoric ester groups is 2. The maximum absolute atomic E-state index is 13.1. The molecule has 19 heteroatoms. The summed E-state index contributed by atoms with van der Waals surface area (Å²) in [7, 11) is -10.0. The smallest absolute Gasteiger partial charge is 0.462 e. The van der Waals surface area contributed by atoms with Gasteiger partial charge in [0.1, 0.15) is 19.3 Å². The lowest BCUT2D eigenvalue weighted by Crippen LogP contribution is -2.30. The molecule has 0 saturated carbocycles. The molecule has 0 aromatic heterocycles. The van der Waals surface area contributed by atoms with Crippen molar-refractivity contribution in [1.82, 2.24) is 0 Å². The first-order valence-corrected chi connectivity index (χ1v) is 45.1. The zero-order valence-corrected chi connectivity index (χ0v) is 69.5. The molecule has 0 rings (SSSR count). The van der Waals surface area contributed by atoms with E-state index in [-0.39, 0.29) is 25.7 Å². The first-order chi connectivity index (χ1) is 52.7. The van der Waals surface area contributed by atoms with Crippen LogP contribution in [0, 0.1) is 0 Å². The van der Waals surface area contributed by atoms with E-state index in [9.17, 15) is 43.2 Å². The second-order valence-corrected chi connectivity index (χ2v) is 30.6. The van der Waals surface area contributed by atoms with E-state index in [0.717, 1.165) is 167 Å². The second-order valence-electron chi connectivity index (χ2n) is 27.7. The maximum atomic E-state index is 13.1. The Morgan fingerprint density at radius 3 is 0.843 bits per heavy atom. The van der Waals surface area contributed by atoms with Crippen molar-refractivity contribution in [1.29, 1.82) is 0 Å². The van der Waals surface area contributed by atoms with Gasteiger partial charge in [0.2, 0.25) is 0 Å². The molecule has 0 amide bonds. The monoisotopic (exact) mass is 1550 g/mol. The topological polar surface area (TPSA) is 237 Å². The zero-order valence-electron chi connectivity index (χ0n) is 67.7. The Hall–Kier alpha value is -5.06. The van der Waals surface area contributed by atoms with E-state index < -0.39 is 97.5 Å². The van der Waals surface area contributed by atoms with E-state index in [1.165, 1.54) is 83.5 Å². The molecule has 0 aliphatic carbocycles. The van der Waals surface area contributed by atoms with Gasteiger partial charge >= 0.3 is 39.5 Å². The van der Waals surface area contributed by atoms with Crippen molar-refractivity contribution in [2.45, 2.75) is 354 Å². The molecular formula is C89H150O17P2. The second kappa shape index (κ2) is 80.0. The van der Waals surface area contributed by atoms with Gasteiger partial charge in [-0.15, -0.1) is 0 Å². The van der Waals surface area contributed by atoms with Gasteiger partial charge in [-0.25, -0.2) is 9.13 Å². The summed E-state index contributed by atoms with van der Waals surface area (Å²) in [5, 5.41) is 10.7. The van der Waals surface area contributed by atoms with E-state index in [0.29, 0.717) is 32.1 Å². The summed E-state index contributed by atoms with van der Waals surface area (Å²) in [6, 6.07) is 0. The number of aliphatic hydroxyl groups excluding tert-OH is 1. The van der Waals surface area contributed by atoms with Gasteiger partial charge in [-0.1, -0.05) is 296 Å². The largest absolute Gasteiger partial charge is 0.472 e. The van der Waals surface area contributed by atoms with Gasteiger partial charge in [0.05, 0.1) is 26.4 Å². The molecule has 0 aromatic rings. The molecule has 0 aliphatic rings. The Labute approximate surface area is 656 Å². The average Bonchev–Trinajstić information content (AvgIpc) is 0.907. The molecule has 0 heterocycles. The number of esters is 4. The first-order valence-electron chi connectivity index (χ1n) is 42.1. The highest BCUT2D eigenvalue weighted by Gasteiger charge is 2.30. The molecule has 0 aromatic carbocycles. The number of allylic oxidation sites excluding steroid dienone is 24. The van der Waals surface area contributed by atoms with Gasteiger partial charge < -0.3 is 33.8 Å². The predicted octanol–water partition coefficient (Wildman–Crippen LogP) is 25.0. The van der Waals surface area contributed by atoms with Crippen LogP contribution >= 0.6 is 15.6 Å². The number of carbonyl (C=O) groups is 4. The number of aliphatic hydroxyl groups is 1. The zero-order chi connectivity index (χ0) is 78.9. The Morgan fingerprint density at radius 1 is 0.269 bits per heavy atom. The minimum atomic E-state index is -5.01. The van der Waals surface area contributed by atoms with Crippen LogP contribution in [0.5, 0.6) is 0 Å². The highest BCUT2D eigenvalue weighted by Crippen LogP contribution is 2.45. The summed E-state index contributed by atoms with van der Waals surface area (Å²) >= 11 is 0. The van der Waals surface area contributed by atoms with Gasteiger partial charge in [0.15, 0.2) is 12.2 Å². The number of ether oxygens (including phenoxy) is 4. The van der Waals surface area contributed by atoms with Gasteiger partial charge in [-0.05, 0) is 161 Å². The van der Waals surface area contributed by atoms with Gasteiger partial charge in [0.25, 0.3) is 0 Å². The fourth-order valence-electron chi connectivity index (χ4n) is 10.9. The van der Waals surface area contributed by atoms with Gasteiger partial charge in [-0.3, -0.25) is 37.3 Å². The molecule has 3 N–H and O–H groups in total. The lowest BCUT2D eigenvalue weighted by atomic mass is 10.1. The van der Waals surface area contributed by atoms with Crippen molar-refractivity contribution in [2.75, 3.05) is 39.6 Å². The minimum absolute atomic E-state index is 0.0330. The van der Waals surface area contributed by atoms with Crippen LogP contribution in [0.25, 0.3) is 0 Å². The number of phosphoric acid groups is 2. The van der Waals surface area contributed by atoms with Gasteiger partial charge in [0, 0.05) is 25.7 Å². The Bertz CT molecular complexity index is 2610. The highest BCUT2D eigenvalue weighted by atomic mass is 31.2. The molecule has 0 fully saturated rings. The van der Waals surface area contributed by atoms with Crippen molar-refractivity contribution < 1.29 is 80.2 Å². The number of unbranched alkanes of at least 4 members (excludes halogenated alkanes) is 28. The lowest BCUT2D eigenvalue weighted by molar-refractivity contribution is -0.161. The number of hydrogen-bond donors (Lipinski definition) is 3. The van der Waals surface area contributed by atoms with Crippen LogP contribution in [0.2, 0.25) is 0 Å². The average molecular weight is 1550 g/mol. The van der Waals surface area contributed by atoms with E-state index in [1.54, 1.807) is 0 Å². The Kier molecular flexibility index (Phi) is 76.3. The van der Waals surface area contributed by atoms with Crippen LogP contribution < -0.4 is 0 Å². The molecule has 0 radical (unpaired) electrons. The van der Waals surface area contributed by atoms with Crippen molar-refractivity contribution in [2.24, 2.45) is 0 Å². The fourth-order valence-corrected chi connectivity index (χ4v) is 12.4. The molecule has 0 saturated heterocycles. The Morgan fingerprint density at radius 2 is 0.500 bits per heavy atom. The molecule has 5 atom stereocenters. The number of carbonyl (C=O) groups excluding carboxylic acids is 4. The Balaban J connectivity index is 5.49. The van der Waals surface area contributed by atoms with E-state index in [1.807, 2.05) is 18.2 Å². The molecule has 0 spiro atoms. The van der Waals surface area contributed by atoms with Crippen LogP contribution in [0.3, 0.4) is 0 Å². The summed E-state index contributed by atoms with van der Waals surface area (Å²) < 4.78 is 68.6.